The molecular formula is C12H15BO3. The maximum absolute atomic E-state index is 10.5. The molecule has 0 fully saturated rings. The summed E-state index contributed by atoms with van der Waals surface area (Å²) in [6, 6.07) is 7.27. The number of hydrogen-bond donors (Lipinski definition) is 0. The molecule has 0 saturated heterocycles. The summed E-state index contributed by atoms with van der Waals surface area (Å²) in [6.45, 7) is 2.48. The number of hydrogen-bond acceptors (Lipinski definition) is 3. The highest BCUT2D eigenvalue weighted by Gasteiger charge is 1.95. The van der Waals surface area contributed by atoms with Crippen LogP contribution in [0.15, 0.2) is 24.3 Å². The second kappa shape index (κ2) is 6.93. The zero-order valence-corrected chi connectivity index (χ0v) is 9.44. The first-order valence-corrected chi connectivity index (χ1v) is 5.30. The Hall–Kier alpha value is -1.45. The van der Waals surface area contributed by atoms with Crippen LogP contribution in [0.1, 0.15) is 19.8 Å². The zero-order chi connectivity index (χ0) is 11.8. The Labute approximate surface area is 97.2 Å². The van der Waals surface area contributed by atoms with Crippen molar-refractivity contribution in [2.45, 2.75) is 19.8 Å². The van der Waals surface area contributed by atoms with Crippen LogP contribution < -0.4 is 10.2 Å². The summed E-state index contributed by atoms with van der Waals surface area (Å²) < 4.78 is 10.3. The highest BCUT2D eigenvalue weighted by Crippen LogP contribution is 2.07. The summed E-state index contributed by atoms with van der Waals surface area (Å²) in [5.41, 5.74) is 0.724. The van der Waals surface area contributed by atoms with Gasteiger partial charge in [-0.1, -0.05) is 17.6 Å². The Morgan fingerprint density at radius 3 is 2.44 bits per heavy atom. The van der Waals surface area contributed by atoms with Crippen molar-refractivity contribution in [3.05, 3.63) is 24.3 Å². The summed E-state index contributed by atoms with van der Waals surface area (Å²) in [5.74, 6) is 0.570. The van der Waals surface area contributed by atoms with Gasteiger partial charge >= 0.3 is 5.97 Å². The van der Waals surface area contributed by atoms with Gasteiger partial charge in [0.1, 0.15) is 13.6 Å². The molecule has 4 heteroatoms. The Balaban J connectivity index is 2.07. The Morgan fingerprint density at radius 1 is 1.19 bits per heavy atom. The van der Waals surface area contributed by atoms with E-state index in [2.05, 4.69) is 0 Å². The number of carbonyl (C=O) groups excluding carboxylic acids is 1. The van der Waals surface area contributed by atoms with Gasteiger partial charge in [0.05, 0.1) is 13.2 Å². The van der Waals surface area contributed by atoms with Gasteiger partial charge in [-0.3, -0.25) is 4.79 Å². The predicted octanol–water partition coefficient (Wildman–Crippen LogP) is 1.20. The van der Waals surface area contributed by atoms with Gasteiger partial charge in [0.2, 0.25) is 0 Å². The lowest BCUT2D eigenvalue weighted by Crippen LogP contribution is -2.04. The van der Waals surface area contributed by atoms with Crippen LogP contribution in [-0.4, -0.2) is 27.0 Å². The number of rotatable bonds is 6. The molecule has 0 saturated carbocycles. The van der Waals surface area contributed by atoms with Crippen LogP contribution >= 0.6 is 0 Å². The molecule has 1 rings (SSSR count). The number of ether oxygens (including phenoxy) is 2. The third-order valence-corrected chi connectivity index (χ3v) is 1.99. The van der Waals surface area contributed by atoms with Crippen LogP contribution in [-0.2, 0) is 9.53 Å². The van der Waals surface area contributed by atoms with E-state index < -0.39 is 0 Å². The Bertz CT molecular complexity index is 322. The first-order valence-electron chi connectivity index (χ1n) is 5.30. The maximum Gasteiger partial charge on any atom is 0.302 e. The molecule has 0 unspecified atom stereocenters. The molecule has 2 radical (unpaired) electrons. The second-order valence-corrected chi connectivity index (χ2v) is 3.46. The van der Waals surface area contributed by atoms with Crippen LogP contribution in [0, 0.1) is 0 Å². The summed E-state index contributed by atoms with van der Waals surface area (Å²) in [4.78, 5) is 10.5. The quantitative estimate of drug-likeness (QED) is 0.409. The van der Waals surface area contributed by atoms with E-state index in [9.17, 15) is 4.79 Å². The molecule has 0 amide bonds. The smallest absolute Gasteiger partial charge is 0.302 e. The lowest BCUT2D eigenvalue weighted by Gasteiger charge is -2.06. The van der Waals surface area contributed by atoms with E-state index in [1.54, 1.807) is 12.1 Å². The molecular weight excluding hydrogens is 203 g/mol. The van der Waals surface area contributed by atoms with Crippen LogP contribution in [0.4, 0.5) is 0 Å². The van der Waals surface area contributed by atoms with Crippen LogP contribution in [0.2, 0.25) is 0 Å². The van der Waals surface area contributed by atoms with E-state index in [4.69, 9.17) is 17.3 Å². The standard InChI is InChI=1S/C12H15BO3/c1-10(14)15-8-2-3-9-16-12-6-4-11(13)5-7-12/h4-7H,2-3,8-9H2,1H3. The number of carbonyl (C=O) groups is 1. The van der Waals surface area contributed by atoms with Gasteiger partial charge in [-0.15, -0.1) is 0 Å². The van der Waals surface area contributed by atoms with Crippen molar-refractivity contribution in [3.63, 3.8) is 0 Å². The van der Waals surface area contributed by atoms with Crippen molar-refractivity contribution in [1.29, 1.82) is 0 Å². The summed E-state index contributed by atoms with van der Waals surface area (Å²) in [7, 11) is 5.55. The topological polar surface area (TPSA) is 35.5 Å². The monoisotopic (exact) mass is 218 g/mol. The van der Waals surface area contributed by atoms with Crippen molar-refractivity contribution in [2.75, 3.05) is 13.2 Å². The molecule has 1 aromatic rings. The summed E-state index contributed by atoms with van der Waals surface area (Å²) in [5, 5.41) is 0. The average molecular weight is 218 g/mol. The molecule has 0 aromatic heterocycles. The van der Waals surface area contributed by atoms with Crippen LogP contribution in [0.3, 0.4) is 0 Å². The minimum Gasteiger partial charge on any atom is -0.494 e. The fourth-order valence-electron chi connectivity index (χ4n) is 1.17. The van der Waals surface area contributed by atoms with Gasteiger partial charge in [0.25, 0.3) is 0 Å². The van der Waals surface area contributed by atoms with E-state index >= 15 is 0 Å². The van der Waals surface area contributed by atoms with Crippen molar-refractivity contribution in [1.82, 2.24) is 0 Å². The Kier molecular flexibility index (Phi) is 5.47. The maximum atomic E-state index is 10.5. The second-order valence-electron chi connectivity index (χ2n) is 3.46. The van der Waals surface area contributed by atoms with Gasteiger partial charge < -0.3 is 9.47 Å². The van der Waals surface area contributed by atoms with E-state index in [-0.39, 0.29) is 5.97 Å². The molecule has 0 aliphatic rings. The van der Waals surface area contributed by atoms with Crippen molar-refractivity contribution in [3.8, 4) is 5.75 Å². The highest BCUT2D eigenvalue weighted by atomic mass is 16.5. The van der Waals surface area contributed by atoms with E-state index in [1.807, 2.05) is 12.1 Å². The van der Waals surface area contributed by atoms with E-state index in [0.29, 0.717) is 13.2 Å². The SMILES string of the molecule is [B]c1ccc(OCCCCOC(C)=O)cc1. The van der Waals surface area contributed by atoms with Crippen molar-refractivity contribution < 1.29 is 14.3 Å². The fraction of sp³-hybridized carbons (Fsp3) is 0.417. The first-order chi connectivity index (χ1) is 7.68. The first kappa shape index (κ1) is 12.6. The third kappa shape index (κ3) is 5.44. The summed E-state index contributed by atoms with van der Waals surface area (Å²) in [6.07, 6.45) is 1.67. The number of esters is 1. The molecule has 84 valence electrons. The Morgan fingerprint density at radius 2 is 1.81 bits per heavy atom. The molecule has 0 heterocycles. The molecule has 0 aliphatic heterocycles. The molecule has 0 atom stereocenters. The van der Waals surface area contributed by atoms with Crippen molar-refractivity contribution >= 4 is 19.3 Å². The average Bonchev–Trinajstić information content (AvgIpc) is 2.25. The molecule has 0 aliphatic carbocycles. The van der Waals surface area contributed by atoms with Gasteiger partial charge in [0.15, 0.2) is 0 Å². The minimum atomic E-state index is -0.237. The van der Waals surface area contributed by atoms with E-state index in [0.717, 1.165) is 24.1 Å². The zero-order valence-electron chi connectivity index (χ0n) is 9.44. The number of unbranched alkanes of at least 4 members (excludes halogenated alkanes) is 1. The predicted molar refractivity (Wildman–Crippen MR) is 63.2 cm³/mol. The van der Waals surface area contributed by atoms with Crippen molar-refractivity contribution in [2.24, 2.45) is 0 Å². The van der Waals surface area contributed by atoms with Gasteiger partial charge in [-0.05, 0) is 25.0 Å². The summed E-state index contributed by atoms with van der Waals surface area (Å²) >= 11 is 0. The molecule has 0 bridgehead atoms. The van der Waals surface area contributed by atoms with Crippen LogP contribution in [0.5, 0.6) is 5.75 Å². The lowest BCUT2D eigenvalue weighted by molar-refractivity contribution is -0.141. The van der Waals surface area contributed by atoms with Gasteiger partial charge in [-0.25, -0.2) is 0 Å². The molecule has 1 aromatic carbocycles. The van der Waals surface area contributed by atoms with Crippen LogP contribution in [0.25, 0.3) is 0 Å². The van der Waals surface area contributed by atoms with Gasteiger partial charge in [-0.2, -0.15) is 0 Å². The molecule has 0 spiro atoms. The number of benzene rings is 1. The molecule has 3 nitrogen and oxygen atoms in total. The van der Waals surface area contributed by atoms with E-state index in [1.165, 1.54) is 6.92 Å². The minimum absolute atomic E-state index is 0.237. The van der Waals surface area contributed by atoms with Gasteiger partial charge in [0, 0.05) is 6.92 Å². The lowest BCUT2D eigenvalue weighted by atomic mass is 9.97. The molecule has 16 heavy (non-hydrogen) atoms. The normalized spacial score (nSPS) is 9.81. The molecule has 0 N–H and O–H groups in total. The third-order valence-electron chi connectivity index (χ3n) is 1.99. The fourth-order valence-corrected chi connectivity index (χ4v) is 1.17. The largest absolute Gasteiger partial charge is 0.494 e. The highest BCUT2D eigenvalue weighted by molar-refractivity contribution is 6.32.